The van der Waals surface area contributed by atoms with Gasteiger partial charge in [0, 0.05) is 17.4 Å². The minimum Gasteiger partial charge on any atom is -0.376 e. The minimum atomic E-state index is -0.916. The number of aryl methyl sites for hydroxylation is 3. The zero-order valence-corrected chi connectivity index (χ0v) is 13.6. The number of carbonyl (C=O) groups is 1. The number of hydrogen-bond donors (Lipinski definition) is 2. The van der Waals surface area contributed by atoms with E-state index in [0.717, 1.165) is 34.5 Å². The Labute approximate surface area is 138 Å². The number of halogens is 1. The van der Waals surface area contributed by atoms with Crippen LogP contribution in [-0.2, 0) is 4.79 Å². The van der Waals surface area contributed by atoms with Gasteiger partial charge in [-0.1, -0.05) is 17.7 Å². The Bertz CT molecular complexity index is 783. The summed E-state index contributed by atoms with van der Waals surface area (Å²) in [5.41, 5.74) is 3.44. The van der Waals surface area contributed by atoms with Crippen LogP contribution >= 0.6 is 0 Å². The number of amides is 1. The van der Waals surface area contributed by atoms with Gasteiger partial charge in [0.1, 0.15) is 0 Å². The van der Waals surface area contributed by atoms with E-state index in [1.165, 1.54) is 6.07 Å². The molecular weight excluding hydrogens is 313 g/mol. The first-order valence-corrected chi connectivity index (χ1v) is 7.33. The average molecular weight is 331 g/mol. The van der Waals surface area contributed by atoms with Crippen molar-refractivity contribution in [2.75, 3.05) is 17.2 Å². The molecule has 24 heavy (non-hydrogen) atoms. The molecule has 0 saturated carbocycles. The fraction of sp³-hybridized carbons (Fsp3) is 0.235. The van der Waals surface area contributed by atoms with Gasteiger partial charge >= 0.3 is 5.69 Å². The van der Waals surface area contributed by atoms with Crippen LogP contribution in [0.5, 0.6) is 0 Å². The van der Waals surface area contributed by atoms with Crippen LogP contribution < -0.4 is 10.6 Å². The SMILES string of the molecule is Cc1cc(C)c(NC(=O)CNc2ccc(F)c([N+](=O)[O-])c2)c(C)c1. The molecular formula is C17H18FN3O3. The molecule has 2 aromatic rings. The molecule has 2 rings (SSSR count). The predicted molar refractivity (Wildman–Crippen MR) is 90.8 cm³/mol. The van der Waals surface area contributed by atoms with E-state index in [0.29, 0.717) is 5.69 Å². The van der Waals surface area contributed by atoms with Gasteiger partial charge in [-0.05, 0) is 44.0 Å². The summed E-state index contributed by atoms with van der Waals surface area (Å²) in [4.78, 5) is 22.0. The summed E-state index contributed by atoms with van der Waals surface area (Å²) in [5, 5.41) is 16.3. The van der Waals surface area contributed by atoms with Gasteiger partial charge in [-0.15, -0.1) is 0 Å². The van der Waals surface area contributed by atoms with Crippen molar-refractivity contribution in [1.29, 1.82) is 0 Å². The monoisotopic (exact) mass is 331 g/mol. The highest BCUT2D eigenvalue weighted by atomic mass is 19.1. The number of carbonyl (C=O) groups excluding carboxylic acids is 1. The molecule has 0 aromatic heterocycles. The third-order valence-electron chi connectivity index (χ3n) is 3.54. The third-order valence-corrected chi connectivity index (χ3v) is 3.54. The zero-order chi connectivity index (χ0) is 17.9. The van der Waals surface area contributed by atoms with Crippen molar-refractivity contribution in [2.24, 2.45) is 0 Å². The number of nitrogens with one attached hydrogen (secondary N) is 2. The lowest BCUT2D eigenvalue weighted by atomic mass is 10.1. The first-order valence-electron chi connectivity index (χ1n) is 7.33. The summed E-state index contributed by atoms with van der Waals surface area (Å²) in [6, 6.07) is 7.34. The molecule has 0 aliphatic carbocycles. The largest absolute Gasteiger partial charge is 0.376 e. The molecule has 2 N–H and O–H groups in total. The van der Waals surface area contributed by atoms with Crippen LogP contribution in [0.15, 0.2) is 30.3 Å². The topological polar surface area (TPSA) is 84.3 Å². The van der Waals surface area contributed by atoms with Crippen molar-refractivity contribution < 1.29 is 14.1 Å². The van der Waals surface area contributed by atoms with E-state index in [1.54, 1.807) is 0 Å². The van der Waals surface area contributed by atoms with Crippen molar-refractivity contribution in [3.63, 3.8) is 0 Å². The van der Waals surface area contributed by atoms with E-state index in [4.69, 9.17) is 0 Å². The molecule has 0 unspecified atom stereocenters. The van der Waals surface area contributed by atoms with Gasteiger partial charge in [0.2, 0.25) is 11.7 Å². The van der Waals surface area contributed by atoms with E-state index < -0.39 is 16.4 Å². The molecule has 0 heterocycles. The Hall–Kier alpha value is -2.96. The smallest absolute Gasteiger partial charge is 0.306 e. The van der Waals surface area contributed by atoms with Crippen LogP contribution in [-0.4, -0.2) is 17.4 Å². The van der Waals surface area contributed by atoms with Crippen molar-refractivity contribution in [3.8, 4) is 0 Å². The highest BCUT2D eigenvalue weighted by Crippen LogP contribution is 2.23. The summed E-state index contributed by atoms with van der Waals surface area (Å²) < 4.78 is 13.3. The summed E-state index contributed by atoms with van der Waals surface area (Å²) in [5.74, 6) is -1.21. The van der Waals surface area contributed by atoms with Gasteiger partial charge in [-0.2, -0.15) is 4.39 Å². The first kappa shape index (κ1) is 17.4. The number of rotatable bonds is 5. The Morgan fingerprint density at radius 1 is 1.17 bits per heavy atom. The maximum Gasteiger partial charge on any atom is 0.306 e. The van der Waals surface area contributed by atoms with Crippen molar-refractivity contribution >= 4 is 23.0 Å². The fourth-order valence-corrected chi connectivity index (χ4v) is 2.51. The summed E-state index contributed by atoms with van der Waals surface area (Å²) in [6.45, 7) is 5.71. The molecule has 0 spiro atoms. The number of nitro benzene ring substituents is 1. The van der Waals surface area contributed by atoms with Crippen molar-refractivity contribution in [1.82, 2.24) is 0 Å². The molecule has 0 bridgehead atoms. The van der Waals surface area contributed by atoms with E-state index in [9.17, 15) is 19.3 Å². The molecule has 0 aliphatic rings. The van der Waals surface area contributed by atoms with Gasteiger partial charge in [0.15, 0.2) is 0 Å². The number of benzene rings is 2. The van der Waals surface area contributed by atoms with Crippen LogP contribution in [0.4, 0.5) is 21.5 Å². The molecule has 0 saturated heterocycles. The van der Waals surface area contributed by atoms with Crippen LogP contribution in [0.3, 0.4) is 0 Å². The maximum absolute atomic E-state index is 13.3. The van der Waals surface area contributed by atoms with E-state index in [-0.39, 0.29) is 12.5 Å². The minimum absolute atomic E-state index is 0.0878. The van der Waals surface area contributed by atoms with Crippen LogP contribution in [0, 0.1) is 36.7 Å². The van der Waals surface area contributed by atoms with Gasteiger partial charge in [0.05, 0.1) is 11.5 Å². The quantitative estimate of drug-likeness (QED) is 0.646. The molecule has 0 aliphatic heterocycles. The Morgan fingerprint density at radius 2 is 1.79 bits per heavy atom. The van der Waals surface area contributed by atoms with Crippen LogP contribution in [0.2, 0.25) is 0 Å². The van der Waals surface area contributed by atoms with Crippen LogP contribution in [0.25, 0.3) is 0 Å². The Balaban J connectivity index is 2.04. The molecule has 7 heteroatoms. The van der Waals surface area contributed by atoms with Gasteiger partial charge in [-0.25, -0.2) is 0 Å². The second kappa shape index (κ2) is 7.08. The Morgan fingerprint density at radius 3 is 2.38 bits per heavy atom. The second-order valence-electron chi connectivity index (χ2n) is 5.60. The lowest BCUT2D eigenvalue weighted by molar-refractivity contribution is -0.387. The second-order valence-corrected chi connectivity index (χ2v) is 5.60. The molecule has 2 aromatic carbocycles. The number of nitrogens with zero attached hydrogens (tertiary/aromatic N) is 1. The molecule has 0 atom stereocenters. The first-order chi connectivity index (χ1) is 11.3. The molecule has 0 radical (unpaired) electrons. The number of anilines is 2. The molecule has 6 nitrogen and oxygen atoms in total. The van der Waals surface area contributed by atoms with E-state index in [1.807, 2.05) is 32.9 Å². The van der Waals surface area contributed by atoms with Crippen molar-refractivity contribution in [3.05, 3.63) is 63.0 Å². The molecule has 1 amide bonds. The molecule has 126 valence electrons. The highest BCUT2D eigenvalue weighted by molar-refractivity contribution is 5.95. The van der Waals surface area contributed by atoms with Gasteiger partial charge in [-0.3, -0.25) is 14.9 Å². The predicted octanol–water partition coefficient (Wildman–Crippen LogP) is 3.71. The molecule has 0 fully saturated rings. The number of hydrogen-bond acceptors (Lipinski definition) is 4. The third kappa shape index (κ3) is 4.07. The van der Waals surface area contributed by atoms with E-state index in [2.05, 4.69) is 10.6 Å². The lowest BCUT2D eigenvalue weighted by Gasteiger charge is -2.13. The standard InChI is InChI=1S/C17H18FN3O3/c1-10-6-11(2)17(12(3)7-10)20-16(22)9-19-13-4-5-14(18)15(8-13)21(23)24/h4-8,19H,9H2,1-3H3,(H,20,22). The van der Waals surface area contributed by atoms with Gasteiger partial charge < -0.3 is 10.6 Å². The lowest BCUT2D eigenvalue weighted by Crippen LogP contribution is -2.22. The normalized spacial score (nSPS) is 10.3. The number of nitro groups is 1. The van der Waals surface area contributed by atoms with Crippen molar-refractivity contribution in [2.45, 2.75) is 20.8 Å². The summed E-state index contributed by atoms with van der Waals surface area (Å²) >= 11 is 0. The summed E-state index contributed by atoms with van der Waals surface area (Å²) in [6.07, 6.45) is 0. The van der Waals surface area contributed by atoms with E-state index >= 15 is 0 Å². The zero-order valence-electron chi connectivity index (χ0n) is 13.6. The fourth-order valence-electron chi connectivity index (χ4n) is 2.51. The average Bonchev–Trinajstić information content (AvgIpc) is 2.49. The Kier molecular flexibility index (Phi) is 5.13. The maximum atomic E-state index is 13.3. The summed E-state index contributed by atoms with van der Waals surface area (Å²) in [7, 11) is 0. The van der Waals surface area contributed by atoms with Crippen LogP contribution in [0.1, 0.15) is 16.7 Å². The van der Waals surface area contributed by atoms with Gasteiger partial charge in [0.25, 0.3) is 0 Å². The highest BCUT2D eigenvalue weighted by Gasteiger charge is 2.15.